The molecule has 1 atom stereocenters. The highest BCUT2D eigenvalue weighted by Crippen LogP contribution is 2.36. The van der Waals surface area contributed by atoms with Crippen LogP contribution in [0.25, 0.3) is 33.3 Å². The fourth-order valence-corrected chi connectivity index (χ4v) is 3.50. The Hall–Kier alpha value is -2.81. The Morgan fingerprint density at radius 1 is 1.24 bits per heavy atom. The molecule has 0 bridgehead atoms. The number of nitrogens with zero attached hydrogens (tertiary/aromatic N) is 3. The van der Waals surface area contributed by atoms with Gasteiger partial charge in [0.15, 0.2) is 5.75 Å². The van der Waals surface area contributed by atoms with Crippen LogP contribution in [0.2, 0.25) is 0 Å². The van der Waals surface area contributed by atoms with E-state index >= 15 is 0 Å². The number of halogens is 1. The van der Waals surface area contributed by atoms with Crippen molar-refractivity contribution in [1.29, 1.82) is 0 Å². The number of rotatable bonds is 5. The molecule has 0 amide bonds. The lowest BCUT2D eigenvalue weighted by Gasteiger charge is -2.07. The molecule has 0 aliphatic rings. The Morgan fingerprint density at radius 2 is 2.00 bits per heavy atom. The summed E-state index contributed by atoms with van der Waals surface area (Å²) in [5, 5.41) is 1.09. The Morgan fingerprint density at radius 3 is 2.66 bits per heavy atom. The summed E-state index contributed by atoms with van der Waals surface area (Å²) in [5.41, 5.74) is 11.8. The number of ether oxygens (including phenoxy) is 2. The highest BCUT2D eigenvalue weighted by Gasteiger charge is 2.18. The zero-order chi connectivity index (χ0) is 19.1. The number of methoxy groups -OCH3 is 2. The monoisotopic (exact) mass is 418 g/mol. The van der Waals surface area contributed by atoms with Crippen LogP contribution in [0.3, 0.4) is 0 Å². The average Bonchev–Trinajstić information content (AvgIpc) is 3.22. The van der Waals surface area contributed by atoms with E-state index < -0.39 is 0 Å². The first-order valence-electron chi connectivity index (χ1n) is 8.82. The van der Waals surface area contributed by atoms with Crippen LogP contribution >= 0.6 is 12.4 Å². The van der Waals surface area contributed by atoms with Gasteiger partial charge >= 0.3 is 0 Å². The van der Waals surface area contributed by atoms with Crippen LogP contribution < -0.4 is 21.4 Å². The zero-order valence-electron chi connectivity index (χ0n) is 17.0. The number of fused-ring (bicyclic) bond motifs is 2. The summed E-state index contributed by atoms with van der Waals surface area (Å²) in [7, 11) is 5.19. The third-order valence-corrected chi connectivity index (χ3v) is 4.76. The first kappa shape index (κ1) is 22.5. The predicted octanol–water partition coefficient (Wildman–Crippen LogP) is 3.61. The lowest BCUT2D eigenvalue weighted by molar-refractivity contribution is 0.344. The number of H-pyrrole nitrogens is 1. The number of hydrogen-bond acceptors (Lipinski definition) is 6. The van der Waals surface area contributed by atoms with Gasteiger partial charge in [0, 0.05) is 42.5 Å². The van der Waals surface area contributed by atoms with Crippen LogP contribution in [0, 0.1) is 0 Å². The summed E-state index contributed by atoms with van der Waals surface area (Å²) in [6.45, 7) is 2.01. The van der Waals surface area contributed by atoms with Crippen molar-refractivity contribution in [3.8, 4) is 22.9 Å². The summed E-state index contributed by atoms with van der Waals surface area (Å²) >= 11 is 0. The minimum atomic E-state index is 0. The van der Waals surface area contributed by atoms with Crippen LogP contribution in [0.15, 0.2) is 30.6 Å². The molecule has 0 saturated carbocycles. The molecule has 0 saturated heterocycles. The Kier molecular flexibility index (Phi) is 6.73. The van der Waals surface area contributed by atoms with Gasteiger partial charge in [-0.2, -0.15) is 0 Å². The number of nitrogens with one attached hydrogen (secondary N) is 1. The second-order valence-electron chi connectivity index (χ2n) is 6.82. The summed E-state index contributed by atoms with van der Waals surface area (Å²) in [6, 6.07) is 6.17. The van der Waals surface area contributed by atoms with Crippen molar-refractivity contribution < 1.29 is 9.47 Å². The lowest BCUT2D eigenvalue weighted by Crippen LogP contribution is -2.17. The number of aryl methyl sites for hydroxylation is 1. The van der Waals surface area contributed by atoms with Gasteiger partial charge in [0.2, 0.25) is 0 Å². The van der Waals surface area contributed by atoms with Crippen molar-refractivity contribution in [3.05, 3.63) is 36.2 Å². The van der Waals surface area contributed by atoms with E-state index in [1.165, 1.54) is 5.56 Å². The van der Waals surface area contributed by atoms with E-state index in [1.807, 2.05) is 43.1 Å². The molecule has 8 nitrogen and oxygen atoms in total. The summed E-state index contributed by atoms with van der Waals surface area (Å²) in [5.74, 6) is 1.07. The molecular weight excluding hydrogens is 392 g/mol. The summed E-state index contributed by atoms with van der Waals surface area (Å²) in [4.78, 5) is 12.6. The molecule has 6 N–H and O–H groups in total. The van der Waals surface area contributed by atoms with Gasteiger partial charge < -0.3 is 30.9 Å². The summed E-state index contributed by atoms with van der Waals surface area (Å²) < 4.78 is 12.8. The maximum Gasteiger partial charge on any atom is 0.257 e. The van der Waals surface area contributed by atoms with Crippen molar-refractivity contribution in [1.82, 2.24) is 25.7 Å². The zero-order valence-corrected chi connectivity index (χ0v) is 17.8. The number of hydrogen-bond donors (Lipinski definition) is 3. The van der Waals surface area contributed by atoms with E-state index in [9.17, 15) is 0 Å². The first-order chi connectivity index (χ1) is 13.0. The standard InChI is InChI=1S/C20H23N5O2.ClH.H3N/c1-11(21)7-12-5-6-22-19-13(12)8-15(23-19)14-10-25(2)16-9-17(26-3)20(27-4)24-18(14)16;;/h5-6,8-11H,7,21H2,1-4H3,(H,22,23);1H;1H3. The highest BCUT2D eigenvalue weighted by atomic mass is 35.5. The van der Waals surface area contributed by atoms with Gasteiger partial charge in [0.25, 0.3) is 5.88 Å². The Labute approximate surface area is 175 Å². The number of aromatic nitrogens is 4. The van der Waals surface area contributed by atoms with Crippen molar-refractivity contribution >= 4 is 34.5 Å². The van der Waals surface area contributed by atoms with Gasteiger partial charge in [-0.05, 0) is 31.0 Å². The van der Waals surface area contributed by atoms with Crippen LogP contribution in [-0.2, 0) is 13.5 Å². The van der Waals surface area contributed by atoms with Crippen LogP contribution in [0.5, 0.6) is 11.6 Å². The molecular formula is C20H27ClN6O2. The normalized spacial score (nSPS) is 11.8. The molecule has 9 heteroatoms. The van der Waals surface area contributed by atoms with Crippen LogP contribution in [0.1, 0.15) is 12.5 Å². The Balaban J connectivity index is 0.00000150. The molecule has 0 aliphatic heterocycles. The number of aromatic amines is 1. The van der Waals surface area contributed by atoms with Crippen LogP contribution in [-0.4, -0.2) is 39.8 Å². The van der Waals surface area contributed by atoms with Gasteiger partial charge in [-0.15, -0.1) is 12.4 Å². The van der Waals surface area contributed by atoms with Crippen molar-refractivity contribution in [2.75, 3.05) is 14.2 Å². The molecule has 0 fully saturated rings. The number of pyridine rings is 2. The molecule has 0 radical (unpaired) electrons. The lowest BCUT2D eigenvalue weighted by atomic mass is 10.1. The predicted molar refractivity (Wildman–Crippen MR) is 119 cm³/mol. The summed E-state index contributed by atoms with van der Waals surface area (Å²) in [6.07, 6.45) is 4.66. The smallest absolute Gasteiger partial charge is 0.257 e. The van der Waals surface area contributed by atoms with Gasteiger partial charge in [-0.25, -0.2) is 9.97 Å². The van der Waals surface area contributed by atoms with Gasteiger partial charge in [-0.1, -0.05) is 0 Å². The highest BCUT2D eigenvalue weighted by molar-refractivity contribution is 5.96. The largest absolute Gasteiger partial charge is 0.491 e. The van der Waals surface area contributed by atoms with E-state index in [2.05, 4.69) is 21.0 Å². The third-order valence-electron chi connectivity index (χ3n) is 4.76. The topological polar surface area (TPSA) is 126 Å². The van der Waals surface area contributed by atoms with E-state index in [-0.39, 0.29) is 24.6 Å². The first-order valence-corrected chi connectivity index (χ1v) is 8.82. The maximum atomic E-state index is 6.00. The molecule has 0 spiro atoms. The third kappa shape index (κ3) is 3.87. The fraction of sp³-hybridized carbons (Fsp3) is 0.300. The van der Waals surface area contributed by atoms with Crippen molar-refractivity contribution in [2.45, 2.75) is 19.4 Å². The van der Waals surface area contributed by atoms with E-state index in [4.69, 9.17) is 15.2 Å². The van der Waals surface area contributed by atoms with Gasteiger partial charge in [0.05, 0.1) is 25.4 Å². The minimum Gasteiger partial charge on any atom is -0.491 e. The molecule has 4 aromatic heterocycles. The van der Waals surface area contributed by atoms with E-state index in [0.29, 0.717) is 11.6 Å². The maximum absolute atomic E-state index is 6.00. The molecule has 4 rings (SSSR count). The molecule has 0 aliphatic carbocycles. The molecule has 156 valence electrons. The molecule has 4 heterocycles. The molecule has 1 unspecified atom stereocenters. The Bertz CT molecular complexity index is 1140. The molecule has 4 aromatic rings. The van der Waals surface area contributed by atoms with Crippen molar-refractivity contribution in [3.63, 3.8) is 0 Å². The van der Waals surface area contributed by atoms with Gasteiger partial charge in [-0.3, -0.25) is 0 Å². The molecule has 29 heavy (non-hydrogen) atoms. The van der Waals surface area contributed by atoms with Gasteiger partial charge in [0.1, 0.15) is 11.2 Å². The number of nitrogens with two attached hydrogens (primary N) is 1. The van der Waals surface area contributed by atoms with Crippen LogP contribution in [0.4, 0.5) is 0 Å². The van der Waals surface area contributed by atoms with E-state index in [1.54, 1.807) is 14.2 Å². The van der Waals surface area contributed by atoms with E-state index in [0.717, 1.165) is 39.7 Å². The fourth-order valence-electron chi connectivity index (χ4n) is 3.50. The van der Waals surface area contributed by atoms with Crippen molar-refractivity contribution in [2.24, 2.45) is 12.8 Å². The second-order valence-corrected chi connectivity index (χ2v) is 6.82. The molecule has 0 aromatic carbocycles. The second kappa shape index (κ2) is 8.69. The minimum absolute atomic E-state index is 0. The quantitative estimate of drug-likeness (QED) is 0.454. The average molecular weight is 419 g/mol. The SMILES string of the molecule is COc1cc2c(nc1OC)c(-c1cc3c(CC(C)N)ccnc3[nH]1)cn2C.Cl.N.